The van der Waals surface area contributed by atoms with Gasteiger partial charge in [-0.1, -0.05) is 56.2 Å². The Labute approximate surface area is 307 Å². The molecule has 8 nitrogen and oxygen atoms in total. The molecule has 2 radical (unpaired) electrons. The fraction of sp³-hybridized carbons (Fsp3) is 0.273. The maximum absolute atomic E-state index is 14.3. The Morgan fingerprint density at radius 3 is 2.18 bits per heavy atom. The third-order valence-electron chi connectivity index (χ3n) is 6.74. The molecule has 0 fully saturated rings. The molecule has 11 heteroatoms. The number of aliphatic hydroxyl groups excluding tert-OH is 2. The van der Waals surface area contributed by atoms with Crippen molar-refractivity contribution in [1.29, 1.82) is 0 Å². The quantitative estimate of drug-likeness (QED) is 0.108. The van der Waals surface area contributed by atoms with Crippen LogP contribution in [0.5, 0.6) is 5.75 Å². The topological polar surface area (TPSA) is 132 Å². The van der Waals surface area contributed by atoms with Crippen LogP contribution in [0.25, 0.3) is 22.4 Å². The van der Waals surface area contributed by atoms with Gasteiger partial charge in [-0.2, -0.15) is 0 Å². The zero-order chi connectivity index (χ0) is 34.7. The number of nitrogens with zero attached hydrogens (tertiary/aromatic N) is 1. The summed E-state index contributed by atoms with van der Waals surface area (Å²) in [5, 5.41) is 43.0. The molecular weight excluding hydrogens is 585 g/mol. The number of para-hydroxylation sites is 2. The van der Waals surface area contributed by atoms with Gasteiger partial charge < -0.3 is 30.3 Å². The minimum atomic E-state index is -1.32. The van der Waals surface area contributed by atoms with E-state index in [0.29, 0.717) is 11.3 Å². The molecule has 222 valence electrons. The molecule has 0 spiro atoms. The summed E-state index contributed by atoms with van der Waals surface area (Å²) in [6, 6.07) is 8.07. The number of nitrogens with one attached hydrogen (secondary N) is 1. The summed E-state index contributed by atoms with van der Waals surface area (Å²) in [5.41, 5.74) is 0.545. The van der Waals surface area contributed by atoms with Gasteiger partial charge in [0.25, 0.3) is 5.91 Å². The van der Waals surface area contributed by atoms with E-state index in [1.165, 1.54) is 36.4 Å². The number of carbonyl (C=O) groups is 2. The second kappa shape index (κ2) is 17.3. The predicted molar refractivity (Wildman–Crippen MR) is 170 cm³/mol. The van der Waals surface area contributed by atoms with E-state index in [0.717, 1.165) is 0 Å². The van der Waals surface area contributed by atoms with Gasteiger partial charge in [-0.05, 0) is 66.3 Å². The van der Waals surface area contributed by atoms with Crippen molar-refractivity contribution in [3.8, 4) is 28.1 Å². The smallest absolute Gasteiger partial charge is 0.305 e. The van der Waals surface area contributed by atoms with Crippen molar-refractivity contribution < 1.29 is 41.3 Å². The van der Waals surface area contributed by atoms with Gasteiger partial charge in [-0.3, -0.25) is 9.59 Å². The van der Waals surface area contributed by atoms with Crippen LogP contribution in [-0.4, -0.2) is 108 Å². The van der Waals surface area contributed by atoms with E-state index in [1.807, 2.05) is 0 Å². The number of benzene rings is 3. The van der Waals surface area contributed by atoms with Crippen LogP contribution in [0.4, 0.5) is 10.1 Å². The number of carboxylic acid groups (broad SMARTS) is 1. The van der Waals surface area contributed by atoms with Gasteiger partial charge in [0, 0.05) is 76.9 Å². The van der Waals surface area contributed by atoms with Crippen LogP contribution in [0, 0.1) is 5.82 Å². The summed E-state index contributed by atoms with van der Waals surface area (Å²) in [6.07, 6.45) is -3.38. The molecule has 0 unspecified atom stereocenters. The third-order valence-corrected chi connectivity index (χ3v) is 6.74. The number of anilines is 1. The summed E-state index contributed by atoms with van der Waals surface area (Å²) >= 11 is 0. The van der Waals surface area contributed by atoms with Gasteiger partial charge in [0.1, 0.15) is 11.6 Å². The van der Waals surface area contributed by atoms with E-state index in [1.54, 1.807) is 30.5 Å². The Morgan fingerprint density at radius 2 is 1.59 bits per heavy atom. The zero-order valence-corrected chi connectivity index (χ0v) is 29.1. The van der Waals surface area contributed by atoms with Crippen LogP contribution in [0.15, 0.2) is 78.7 Å². The fourth-order valence-electron chi connectivity index (χ4n) is 4.98. The first kappa shape index (κ1) is 30.2. The number of phenols is 1. The minimum absolute atomic E-state index is 0. The van der Waals surface area contributed by atoms with Crippen LogP contribution in [0.3, 0.4) is 0 Å². The molecule has 4 rings (SSSR count). The number of carboxylic acids is 1. The van der Waals surface area contributed by atoms with Gasteiger partial charge in [0.2, 0.25) is 0 Å². The SMILES string of the molecule is [2H]c1c([2H])c([2H])c(-c2c(C(=O)Nc3ccccc3O)c(C(C)C)n(CC[C@@H](O)C[C@@H](O)CC(=O)O)c2-c2ccc(F)cc2)c([2H])c1[2H].[Na].[Na]. The van der Waals surface area contributed by atoms with Crippen LogP contribution in [0.1, 0.15) is 61.9 Å². The van der Waals surface area contributed by atoms with Crippen LogP contribution in [-0.2, 0) is 11.3 Å². The van der Waals surface area contributed by atoms with Gasteiger partial charge in [-0.15, -0.1) is 0 Å². The van der Waals surface area contributed by atoms with Gasteiger partial charge >= 0.3 is 5.97 Å². The van der Waals surface area contributed by atoms with E-state index in [4.69, 9.17) is 12.0 Å². The first-order valence-electron chi connectivity index (χ1n) is 15.9. The normalized spacial score (nSPS) is 13.7. The van der Waals surface area contributed by atoms with Crippen LogP contribution in [0.2, 0.25) is 0 Å². The number of amides is 1. The van der Waals surface area contributed by atoms with Gasteiger partial charge in [0.15, 0.2) is 0 Å². The van der Waals surface area contributed by atoms with E-state index in [-0.39, 0.29) is 112 Å². The third kappa shape index (κ3) is 9.28. The molecule has 0 aliphatic rings. The summed E-state index contributed by atoms with van der Waals surface area (Å²) in [5.74, 6) is -3.26. The Bertz CT molecular complexity index is 1800. The molecule has 1 heterocycles. The first-order valence-corrected chi connectivity index (χ1v) is 13.4. The molecule has 44 heavy (non-hydrogen) atoms. The molecule has 4 aromatic rings. The van der Waals surface area contributed by atoms with Crippen molar-refractivity contribution in [3.63, 3.8) is 0 Å². The number of aliphatic hydroxyl groups is 2. The van der Waals surface area contributed by atoms with E-state index in [2.05, 4.69) is 5.32 Å². The number of aliphatic carboxylic acids is 1. The summed E-state index contributed by atoms with van der Waals surface area (Å²) in [4.78, 5) is 25.3. The maximum Gasteiger partial charge on any atom is 0.305 e. The number of hydrogen-bond acceptors (Lipinski definition) is 5. The molecule has 0 saturated heterocycles. The van der Waals surface area contributed by atoms with Crippen molar-refractivity contribution in [1.82, 2.24) is 4.57 Å². The van der Waals surface area contributed by atoms with Gasteiger partial charge in [-0.25, -0.2) is 4.39 Å². The number of hydrogen-bond donors (Lipinski definition) is 5. The number of aromatic hydroxyl groups is 1. The molecule has 0 aliphatic carbocycles. The number of phenolic OH excluding ortho intramolecular Hbond substituents is 1. The second-order valence-electron chi connectivity index (χ2n) is 10.2. The molecule has 1 aromatic heterocycles. The molecule has 5 N–H and O–H groups in total. The molecule has 1 amide bonds. The van der Waals surface area contributed by atoms with E-state index >= 15 is 0 Å². The van der Waals surface area contributed by atoms with Crippen LogP contribution >= 0.6 is 0 Å². The summed E-state index contributed by atoms with van der Waals surface area (Å²) in [7, 11) is 0. The van der Waals surface area contributed by atoms with Crippen LogP contribution < -0.4 is 5.32 Å². The zero-order valence-electron chi connectivity index (χ0n) is 30.1. The minimum Gasteiger partial charge on any atom is -0.506 e. The Hall–Kier alpha value is -2.47. The number of rotatable bonds is 12. The number of aromatic nitrogens is 1. The summed E-state index contributed by atoms with van der Waals surface area (Å²) < 4.78 is 58.3. The Kier molecular flexibility index (Phi) is 11.9. The van der Waals surface area contributed by atoms with Crippen molar-refractivity contribution in [2.45, 2.75) is 57.8 Å². The van der Waals surface area contributed by atoms with Crippen molar-refractivity contribution in [2.24, 2.45) is 0 Å². The van der Waals surface area contributed by atoms with E-state index in [9.17, 15) is 29.3 Å². The van der Waals surface area contributed by atoms with Crippen molar-refractivity contribution >= 4 is 76.7 Å². The van der Waals surface area contributed by atoms with Gasteiger partial charge in [0.05, 0.1) is 42.4 Å². The van der Waals surface area contributed by atoms with E-state index < -0.39 is 72.5 Å². The van der Waals surface area contributed by atoms with Crippen molar-refractivity contribution in [3.05, 3.63) is 95.8 Å². The Morgan fingerprint density at radius 1 is 0.955 bits per heavy atom. The molecule has 3 aromatic carbocycles. The standard InChI is InChI=1S/C33H35FN2O6.2Na/c1-20(2)31-30(33(42)35-26-10-6-7-11-27(26)39)29(21-8-4-3-5-9-21)32(22-12-14-23(34)15-13-22)36(31)17-16-24(37)18-25(38)19-28(40)41;;/h3-15,20,24-25,37-39H,16-19H2,1-2H3,(H,35,42)(H,40,41);;/t24-,25-;;/m1../s1/i3D,4D,5D,8D,9D;;. The fourth-order valence-corrected chi connectivity index (χ4v) is 4.98. The predicted octanol–water partition coefficient (Wildman–Crippen LogP) is 5.26. The van der Waals surface area contributed by atoms with Crippen molar-refractivity contribution in [2.75, 3.05) is 5.32 Å². The average Bonchev–Trinajstić information content (AvgIpc) is 3.34. The second-order valence-corrected chi connectivity index (χ2v) is 10.2. The Balaban J connectivity index is 0.00000417. The largest absolute Gasteiger partial charge is 0.506 e. The maximum atomic E-state index is 14.3. The average molecular weight is 626 g/mol. The molecule has 2 atom stereocenters. The number of carbonyl (C=O) groups excluding carboxylic acids is 1. The molecule has 0 bridgehead atoms. The molecule has 0 saturated carbocycles. The molecule has 0 aliphatic heterocycles. The monoisotopic (exact) mass is 625 g/mol. The molecular formula is C33H35FN2Na2O6. The summed E-state index contributed by atoms with van der Waals surface area (Å²) in [6.45, 7) is 3.52. The number of halogens is 1. The first-order chi connectivity index (χ1) is 22.1.